The Bertz CT molecular complexity index is 1010. The number of allylic oxidation sites excluding steroid dienone is 1. The number of hydrogen-bond donors (Lipinski definition) is 2. The van der Waals surface area contributed by atoms with Crippen LogP contribution in [0.4, 0.5) is 0 Å². The van der Waals surface area contributed by atoms with E-state index < -0.39 is 12.2 Å². The first-order chi connectivity index (χ1) is 15.1. The summed E-state index contributed by atoms with van der Waals surface area (Å²) >= 11 is 0. The van der Waals surface area contributed by atoms with Gasteiger partial charge in [-0.25, -0.2) is 0 Å². The number of aliphatic hydroxyl groups is 1. The average molecular weight is 427 g/mol. The molecular weight excluding hydrogens is 398 g/mol. The van der Waals surface area contributed by atoms with Gasteiger partial charge in [0, 0.05) is 37.2 Å². The summed E-state index contributed by atoms with van der Waals surface area (Å²) in [5.41, 5.74) is 0.845. The third kappa shape index (κ3) is 4.83. The van der Waals surface area contributed by atoms with Crippen molar-refractivity contribution in [3.8, 4) is 0 Å². The second kappa shape index (κ2) is 9.66. The minimum absolute atomic E-state index is 0.0207. The maximum Gasteiger partial charge on any atom is 0.286 e. The fraction of sp³-hybridized carbons (Fsp3) is 0.500. The molecule has 4 rings (SSSR count). The molecule has 0 spiro atoms. The van der Waals surface area contributed by atoms with Crippen LogP contribution in [0.15, 0.2) is 51.6 Å². The summed E-state index contributed by atoms with van der Waals surface area (Å²) in [5, 5.41) is 12.8. The number of nitrogens with one attached hydrogen (secondary N) is 1. The normalized spacial score (nSPS) is 23.3. The van der Waals surface area contributed by atoms with Crippen LogP contribution in [0, 0.1) is 11.8 Å². The average Bonchev–Trinajstić information content (AvgIpc) is 3.61. The van der Waals surface area contributed by atoms with Crippen LogP contribution in [-0.2, 0) is 14.3 Å². The number of para-hydroxylation sites is 1. The fourth-order valence-corrected chi connectivity index (χ4v) is 4.09. The van der Waals surface area contributed by atoms with Crippen molar-refractivity contribution >= 4 is 16.9 Å². The first-order valence-electron chi connectivity index (χ1n) is 11.0. The van der Waals surface area contributed by atoms with E-state index in [4.69, 9.17) is 13.9 Å². The van der Waals surface area contributed by atoms with Gasteiger partial charge in [0.2, 0.25) is 6.29 Å². The second-order valence-corrected chi connectivity index (χ2v) is 8.20. The molecule has 1 aromatic carbocycles. The van der Waals surface area contributed by atoms with Crippen molar-refractivity contribution in [1.29, 1.82) is 0 Å². The maximum atomic E-state index is 13.3. The summed E-state index contributed by atoms with van der Waals surface area (Å²) in [6, 6.07) is 7.10. The van der Waals surface area contributed by atoms with Gasteiger partial charge in [-0.2, -0.15) is 0 Å². The van der Waals surface area contributed by atoms with Crippen LogP contribution in [0.5, 0.6) is 0 Å². The van der Waals surface area contributed by atoms with Gasteiger partial charge in [0.1, 0.15) is 5.58 Å². The van der Waals surface area contributed by atoms with Gasteiger partial charge in [0.25, 0.3) is 5.91 Å². The first-order valence-corrected chi connectivity index (χ1v) is 11.0. The summed E-state index contributed by atoms with van der Waals surface area (Å²) in [6.07, 6.45) is 5.86. The zero-order chi connectivity index (χ0) is 21.8. The van der Waals surface area contributed by atoms with E-state index in [0.29, 0.717) is 48.4 Å². The van der Waals surface area contributed by atoms with E-state index >= 15 is 0 Å². The van der Waals surface area contributed by atoms with Crippen molar-refractivity contribution in [2.45, 2.75) is 44.8 Å². The van der Waals surface area contributed by atoms with Gasteiger partial charge in [-0.15, -0.1) is 0 Å². The van der Waals surface area contributed by atoms with Crippen LogP contribution in [0.25, 0.3) is 11.0 Å². The molecule has 2 N–H and O–H groups in total. The highest BCUT2D eigenvalue weighted by Gasteiger charge is 2.39. The van der Waals surface area contributed by atoms with Crippen LogP contribution in [0.1, 0.15) is 44.1 Å². The Morgan fingerprint density at radius 3 is 2.84 bits per heavy atom. The maximum absolute atomic E-state index is 13.3. The van der Waals surface area contributed by atoms with Crippen molar-refractivity contribution in [1.82, 2.24) is 5.32 Å². The largest absolute Gasteiger partial charge is 0.464 e. The molecule has 1 saturated carbocycles. The third-order valence-electron chi connectivity index (χ3n) is 5.95. The van der Waals surface area contributed by atoms with Gasteiger partial charge < -0.3 is 24.3 Å². The Kier molecular flexibility index (Phi) is 6.73. The molecular formula is C24H29NO6. The lowest BCUT2D eigenvalue weighted by atomic mass is 9.81. The smallest absolute Gasteiger partial charge is 0.286 e. The molecule has 1 amide bonds. The van der Waals surface area contributed by atoms with Crippen molar-refractivity contribution < 1.29 is 23.8 Å². The van der Waals surface area contributed by atoms with E-state index in [2.05, 4.69) is 5.32 Å². The zero-order valence-corrected chi connectivity index (χ0v) is 17.7. The molecule has 2 aromatic rings. The van der Waals surface area contributed by atoms with E-state index in [1.807, 2.05) is 13.0 Å². The Hall–Kier alpha value is -2.64. The zero-order valence-electron chi connectivity index (χ0n) is 17.7. The Morgan fingerprint density at radius 1 is 1.29 bits per heavy atom. The van der Waals surface area contributed by atoms with Crippen molar-refractivity contribution in [3.05, 3.63) is 58.2 Å². The highest BCUT2D eigenvalue weighted by molar-refractivity contribution is 5.91. The number of ether oxygens (including phenoxy) is 2. The van der Waals surface area contributed by atoms with Gasteiger partial charge in [-0.05, 0) is 56.7 Å². The SMILES string of the molecule is CCO[C@@H]1OC(C(=O)NCC2CC2)=C[C@H](c2coc3ccccc3c2=O)[C@@H]1CCCO. The molecule has 0 bridgehead atoms. The van der Waals surface area contributed by atoms with Crippen molar-refractivity contribution in [2.24, 2.45) is 11.8 Å². The number of fused-ring (bicyclic) bond motifs is 1. The molecule has 7 heteroatoms. The summed E-state index contributed by atoms with van der Waals surface area (Å²) < 4.78 is 17.5. The van der Waals surface area contributed by atoms with Crippen LogP contribution in [0.3, 0.4) is 0 Å². The van der Waals surface area contributed by atoms with Crippen molar-refractivity contribution in [2.75, 3.05) is 19.8 Å². The van der Waals surface area contributed by atoms with E-state index in [0.717, 1.165) is 12.8 Å². The van der Waals surface area contributed by atoms with Crippen molar-refractivity contribution in [3.63, 3.8) is 0 Å². The van der Waals surface area contributed by atoms with E-state index in [1.54, 1.807) is 24.3 Å². The number of carbonyl (C=O) groups excluding carboxylic acids is 1. The van der Waals surface area contributed by atoms with Gasteiger partial charge in [0.15, 0.2) is 11.2 Å². The highest BCUT2D eigenvalue weighted by atomic mass is 16.7. The van der Waals surface area contributed by atoms with Crippen LogP contribution >= 0.6 is 0 Å². The van der Waals surface area contributed by atoms with Crippen LogP contribution in [0.2, 0.25) is 0 Å². The summed E-state index contributed by atoms with van der Waals surface area (Å²) in [4.78, 5) is 26.1. The van der Waals surface area contributed by atoms with Crippen LogP contribution < -0.4 is 10.7 Å². The highest BCUT2D eigenvalue weighted by Crippen LogP contribution is 2.39. The molecule has 1 aliphatic heterocycles. The van der Waals surface area contributed by atoms with Gasteiger partial charge in [-0.1, -0.05) is 12.1 Å². The Balaban J connectivity index is 1.73. The summed E-state index contributed by atoms with van der Waals surface area (Å²) in [6.45, 7) is 2.90. The Labute approximate surface area is 181 Å². The first kappa shape index (κ1) is 21.6. The molecule has 166 valence electrons. The summed E-state index contributed by atoms with van der Waals surface area (Å²) in [5.74, 6) is -0.267. The number of amides is 1. The lowest BCUT2D eigenvalue weighted by molar-refractivity contribution is -0.166. The molecule has 2 aliphatic rings. The quantitative estimate of drug-likeness (QED) is 0.638. The molecule has 1 aromatic heterocycles. The second-order valence-electron chi connectivity index (χ2n) is 8.20. The number of aliphatic hydroxyl groups excluding tert-OH is 1. The molecule has 0 radical (unpaired) electrons. The van der Waals surface area contributed by atoms with Gasteiger partial charge in [-0.3, -0.25) is 9.59 Å². The lowest BCUT2D eigenvalue weighted by Gasteiger charge is -2.36. The Morgan fingerprint density at radius 2 is 2.10 bits per heavy atom. The molecule has 2 heterocycles. The summed E-state index contributed by atoms with van der Waals surface area (Å²) in [7, 11) is 0. The number of benzene rings is 1. The van der Waals surface area contributed by atoms with E-state index in [9.17, 15) is 14.7 Å². The van der Waals surface area contributed by atoms with E-state index in [1.165, 1.54) is 6.26 Å². The third-order valence-corrected chi connectivity index (χ3v) is 5.95. The standard InChI is InChI=1S/C24H29NO6/c1-2-29-24-16(7-5-11-26)18(12-21(31-24)23(28)25-13-15-9-10-15)19-14-30-20-8-4-3-6-17(20)22(19)27/h3-4,6,8,12,14-16,18,24,26H,2,5,7,9-11,13H2,1H3,(H,25,28)/t16-,18-,24+/m0/s1. The minimum Gasteiger partial charge on any atom is -0.464 e. The molecule has 0 saturated heterocycles. The lowest BCUT2D eigenvalue weighted by Crippen LogP contribution is -2.40. The molecule has 31 heavy (non-hydrogen) atoms. The van der Waals surface area contributed by atoms with Gasteiger partial charge in [0.05, 0.1) is 11.6 Å². The molecule has 1 aliphatic carbocycles. The van der Waals surface area contributed by atoms with E-state index in [-0.39, 0.29) is 29.6 Å². The molecule has 1 fully saturated rings. The predicted molar refractivity (Wildman–Crippen MR) is 115 cm³/mol. The monoisotopic (exact) mass is 427 g/mol. The molecule has 0 unspecified atom stereocenters. The molecule has 7 nitrogen and oxygen atoms in total. The number of carbonyl (C=O) groups is 1. The predicted octanol–water partition coefficient (Wildman–Crippen LogP) is 3.07. The van der Waals surface area contributed by atoms with Crippen LogP contribution in [-0.4, -0.2) is 37.1 Å². The fourth-order valence-electron chi connectivity index (χ4n) is 4.09. The number of hydrogen-bond acceptors (Lipinski definition) is 6. The molecule has 3 atom stereocenters. The van der Waals surface area contributed by atoms with Gasteiger partial charge >= 0.3 is 0 Å². The number of rotatable bonds is 9. The topological polar surface area (TPSA) is 98.0 Å². The minimum atomic E-state index is -0.695.